The van der Waals surface area contributed by atoms with E-state index in [2.05, 4.69) is 6.92 Å². The summed E-state index contributed by atoms with van der Waals surface area (Å²) in [5, 5.41) is 11.2. The summed E-state index contributed by atoms with van der Waals surface area (Å²) < 4.78 is 16.2. The minimum Gasteiger partial charge on any atom is -0.507 e. The number of unbranched alkanes of at least 4 members (excludes halogenated alkanes) is 1. The van der Waals surface area contributed by atoms with Crippen LogP contribution < -0.4 is 9.47 Å². The average Bonchev–Trinajstić information content (AvgIpc) is 3.09. The van der Waals surface area contributed by atoms with Crippen LogP contribution in [0.5, 0.6) is 11.5 Å². The van der Waals surface area contributed by atoms with Crippen LogP contribution in [0.25, 0.3) is 5.76 Å². The maximum Gasteiger partial charge on any atom is 0.295 e. The van der Waals surface area contributed by atoms with Gasteiger partial charge in [0.25, 0.3) is 11.7 Å². The van der Waals surface area contributed by atoms with Gasteiger partial charge in [-0.3, -0.25) is 9.59 Å². The molecular weight excluding hydrogens is 422 g/mol. The smallest absolute Gasteiger partial charge is 0.295 e. The lowest BCUT2D eigenvalue weighted by Gasteiger charge is -2.25. The van der Waals surface area contributed by atoms with Gasteiger partial charge < -0.3 is 24.2 Å². The monoisotopic (exact) mass is 453 g/mol. The molecule has 0 bridgehead atoms. The van der Waals surface area contributed by atoms with Crippen LogP contribution in [0, 0.1) is 0 Å². The molecule has 1 saturated heterocycles. The SMILES string of the molecule is CCCCOc1cccc(C(O)=C2C(=O)C(=O)N(CCCOC)C2c2cccc(OC)c2)c1. The zero-order chi connectivity index (χ0) is 23.8. The van der Waals surface area contributed by atoms with Crippen LogP contribution in [-0.4, -0.2) is 55.7 Å². The molecule has 3 rings (SSSR count). The summed E-state index contributed by atoms with van der Waals surface area (Å²) in [6.45, 7) is 3.41. The van der Waals surface area contributed by atoms with Gasteiger partial charge in [0.05, 0.1) is 25.3 Å². The number of amides is 1. The Morgan fingerprint density at radius 3 is 2.48 bits per heavy atom. The Morgan fingerprint density at radius 2 is 1.76 bits per heavy atom. The lowest BCUT2D eigenvalue weighted by atomic mass is 9.95. The molecule has 1 N–H and O–H groups in total. The number of ketones is 1. The summed E-state index contributed by atoms with van der Waals surface area (Å²) in [7, 11) is 3.14. The van der Waals surface area contributed by atoms with Crippen LogP contribution in [0.15, 0.2) is 54.1 Å². The molecule has 1 aliphatic rings. The van der Waals surface area contributed by atoms with E-state index in [1.54, 1.807) is 56.7 Å². The molecule has 176 valence electrons. The molecule has 0 aromatic heterocycles. The summed E-state index contributed by atoms with van der Waals surface area (Å²) in [5.41, 5.74) is 1.16. The van der Waals surface area contributed by atoms with Gasteiger partial charge >= 0.3 is 0 Å². The number of nitrogens with zero attached hydrogens (tertiary/aromatic N) is 1. The van der Waals surface area contributed by atoms with Crippen LogP contribution in [0.2, 0.25) is 0 Å². The molecule has 7 heteroatoms. The molecule has 7 nitrogen and oxygen atoms in total. The Morgan fingerprint density at radius 1 is 1.00 bits per heavy atom. The lowest BCUT2D eigenvalue weighted by molar-refractivity contribution is -0.140. The number of rotatable bonds is 11. The quantitative estimate of drug-likeness (QED) is 0.236. The molecule has 2 aromatic carbocycles. The zero-order valence-corrected chi connectivity index (χ0v) is 19.4. The summed E-state index contributed by atoms with van der Waals surface area (Å²) in [6.07, 6.45) is 2.48. The van der Waals surface area contributed by atoms with Crippen molar-refractivity contribution < 1.29 is 28.9 Å². The second-order valence-corrected chi connectivity index (χ2v) is 7.85. The number of carbonyl (C=O) groups is 2. The van der Waals surface area contributed by atoms with E-state index in [1.165, 1.54) is 4.90 Å². The summed E-state index contributed by atoms with van der Waals surface area (Å²) >= 11 is 0. The van der Waals surface area contributed by atoms with Crippen LogP contribution in [0.4, 0.5) is 0 Å². The number of hydrogen-bond acceptors (Lipinski definition) is 6. The van der Waals surface area contributed by atoms with Crippen molar-refractivity contribution in [2.24, 2.45) is 0 Å². The third-order valence-electron chi connectivity index (χ3n) is 5.57. The molecule has 1 amide bonds. The van der Waals surface area contributed by atoms with Crippen molar-refractivity contribution in [2.75, 3.05) is 34.0 Å². The predicted octanol–water partition coefficient (Wildman–Crippen LogP) is 4.33. The molecule has 1 aliphatic heterocycles. The molecule has 33 heavy (non-hydrogen) atoms. The molecular formula is C26H31NO6. The van der Waals surface area contributed by atoms with Crippen molar-refractivity contribution >= 4 is 17.4 Å². The van der Waals surface area contributed by atoms with Crippen molar-refractivity contribution in [3.05, 3.63) is 65.2 Å². The average molecular weight is 454 g/mol. The van der Waals surface area contributed by atoms with Gasteiger partial charge in [0.1, 0.15) is 17.3 Å². The number of hydrogen-bond donors (Lipinski definition) is 1. The molecule has 0 radical (unpaired) electrons. The Hall–Kier alpha value is -3.32. The number of aliphatic hydroxyl groups excluding tert-OH is 1. The van der Waals surface area contributed by atoms with Crippen molar-refractivity contribution in [3.63, 3.8) is 0 Å². The Bertz CT molecular complexity index is 1020. The number of aliphatic hydroxyl groups is 1. The van der Waals surface area contributed by atoms with E-state index < -0.39 is 17.7 Å². The highest BCUT2D eigenvalue weighted by molar-refractivity contribution is 6.46. The van der Waals surface area contributed by atoms with E-state index in [1.807, 2.05) is 6.07 Å². The van der Waals surface area contributed by atoms with Crippen molar-refractivity contribution in [1.82, 2.24) is 4.90 Å². The van der Waals surface area contributed by atoms with Gasteiger partial charge in [-0.1, -0.05) is 37.6 Å². The zero-order valence-electron chi connectivity index (χ0n) is 19.4. The van der Waals surface area contributed by atoms with Gasteiger partial charge in [-0.15, -0.1) is 0 Å². The van der Waals surface area contributed by atoms with E-state index in [0.717, 1.165) is 12.8 Å². The molecule has 1 atom stereocenters. The van der Waals surface area contributed by atoms with Crippen LogP contribution in [-0.2, 0) is 14.3 Å². The Balaban J connectivity index is 2.06. The highest BCUT2D eigenvalue weighted by Crippen LogP contribution is 2.40. The first-order chi connectivity index (χ1) is 16.0. The van der Waals surface area contributed by atoms with Gasteiger partial charge in [-0.05, 0) is 42.7 Å². The first-order valence-electron chi connectivity index (χ1n) is 11.2. The number of likely N-dealkylation sites (tertiary alicyclic amines) is 1. The molecule has 1 fully saturated rings. The van der Waals surface area contributed by atoms with E-state index in [-0.39, 0.29) is 11.3 Å². The maximum atomic E-state index is 13.1. The first kappa shape index (κ1) is 24.3. The number of ether oxygens (including phenoxy) is 3. The highest BCUT2D eigenvalue weighted by Gasteiger charge is 2.45. The summed E-state index contributed by atoms with van der Waals surface area (Å²) in [5.74, 6) is -0.386. The molecule has 0 aliphatic carbocycles. The minimum atomic E-state index is -0.735. The number of benzene rings is 2. The van der Waals surface area contributed by atoms with Crippen molar-refractivity contribution in [3.8, 4) is 11.5 Å². The van der Waals surface area contributed by atoms with E-state index in [0.29, 0.717) is 48.8 Å². The van der Waals surface area contributed by atoms with Gasteiger partial charge in [-0.25, -0.2) is 0 Å². The fraction of sp³-hybridized carbons (Fsp3) is 0.385. The minimum absolute atomic E-state index is 0.0522. The first-order valence-corrected chi connectivity index (χ1v) is 11.2. The largest absolute Gasteiger partial charge is 0.507 e. The number of carbonyl (C=O) groups excluding carboxylic acids is 2. The second-order valence-electron chi connectivity index (χ2n) is 7.85. The maximum absolute atomic E-state index is 13.1. The number of Topliss-reactive ketones (excluding diaryl/α,β-unsaturated/α-hetero) is 1. The fourth-order valence-corrected chi connectivity index (χ4v) is 3.87. The topological polar surface area (TPSA) is 85.3 Å². The van der Waals surface area contributed by atoms with E-state index in [9.17, 15) is 14.7 Å². The van der Waals surface area contributed by atoms with Gasteiger partial charge in [0, 0.05) is 25.8 Å². The summed E-state index contributed by atoms with van der Waals surface area (Å²) in [4.78, 5) is 27.5. The van der Waals surface area contributed by atoms with Gasteiger partial charge in [-0.2, -0.15) is 0 Å². The standard InChI is InChI=1S/C26H31NO6/c1-4-5-15-33-21-12-7-10-19(17-21)24(28)22-23(18-9-6-11-20(16-18)32-3)27(13-8-14-31-2)26(30)25(22)29/h6-7,9-12,16-17,23,28H,4-5,8,13-15H2,1-3H3. The van der Waals surface area contributed by atoms with E-state index >= 15 is 0 Å². The van der Waals surface area contributed by atoms with E-state index in [4.69, 9.17) is 14.2 Å². The lowest BCUT2D eigenvalue weighted by Crippen LogP contribution is -2.31. The second kappa shape index (κ2) is 11.5. The predicted molar refractivity (Wildman–Crippen MR) is 125 cm³/mol. The normalized spacial score (nSPS) is 17.4. The van der Waals surface area contributed by atoms with Crippen LogP contribution in [0.1, 0.15) is 43.4 Å². The molecule has 1 heterocycles. The third kappa shape index (κ3) is 5.54. The highest BCUT2D eigenvalue weighted by atomic mass is 16.5. The Kier molecular flexibility index (Phi) is 8.49. The molecule has 0 saturated carbocycles. The molecule has 2 aromatic rings. The third-order valence-corrected chi connectivity index (χ3v) is 5.57. The molecule has 1 unspecified atom stereocenters. The summed E-state index contributed by atoms with van der Waals surface area (Å²) in [6, 6.07) is 13.4. The molecule has 0 spiro atoms. The van der Waals surface area contributed by atoms with Gasteiger partial charge in [0.15, 0.2) is 0 Å². The number of methoxy groups -OCH3 is 2. The Labute approximate surface area is 194 Å². The fourth-order valence-electron chi connectivity index (χ4n) is 3.87. The van der Waals surface area contributed by atoms with Crippen molar-refractivity contribution in [2.45, 2.75) is 32.2 Å². The van der Waals surface area contributed by atoms with Crippen LogP contribution in [0.3, 0.4) is 0 Å². The van der Waals surface area contributed by atoms with Crippen molar-refractivity contribution in [1.29, 1.82) is 0 Å². The van der Waals surface area contributed by atoms with Crippen LogP contribution >= 0.6 is 0 Å². The van der Waals surface area contributed by atoms with Gasteiger partial charge in [0.2, 0.25) is 0 Å².